The van der Waals surface area contributed by atoms with E-state index in [-0.39, 0.29) is 12.0 Å². The number of aliphatic hydroxyl groups is 1. The van der Waals surface area contributed by atoms with E-state index < -0.39 is 0 Å². The number of hydrogen-bond donors (Lipinski definition) is 1. The molecule has 0 aliphatic carbocycles. The van der Waals surface area contributed by atoms with Crippen molar-refractivity contribution in [1.82, 2.24) is 9.80 Å². The highest BCUT2D eigenvalue weighted by molar-refractivity contribution is 6.34. The number of rotatable bonds is 7. The van der Waals surface area contributed by atoms with E-state index in [9.17, 15) is 9.90 Å². The molecular weight excluding hydrogens is 311 g/mol. The van der Waals surface area contributed by atoms with Gasteiger partial charge in [-0.1, -0.05) is 23.2 Å². The molecule has 0 bridgehead atoms. The number of carbonyl (C=O) groups is 1. The monoisotopic (exact) mass is 332 g/mol. The number of hydrogen-bond acceptors (Lipinski definition) is 3. The Kier molecular flexibility index (Phi) is 7.46. The van der Waals surface area contributed by atoms with Crippen LogP contribution in [0.3, 0.4) is 0 Å². The molecule has 1 atom stereocenters. The van der Waals surface area contributed by atoms with Gasteiger partial charge in [0.15, 0.2) is 0 Å². The van der Waals surface area contributed by atoms with Gasteiger partial charge < -0.3 is 10.0 Å². The SMILES string of the molecule is CC(O)CCN(C)CC(=O)N(C)Cc1cc(Cl)cc(Cl)c1. The topological polar surface area (TPSA) is 43.8 Å². The van der Waals surface area contributed by atoms with E-state index >= 15 is 0 Å². The average molecular weight is 333 g/mol. The van der Waals surface area contributed by atoms with Gasteiger partial charge in [-0.15, -0.1) is 0 Å². The summed E-state index contributed by atoms with van der Waals surface area (Å²) in [6.07, 6.45) is 0.297. The molecule has 1 aromatic rings. The number of halogens is 2. The van der Waals surface area contributed by atoms with Crippen LogP contribution in [0.25, 0.3) is 0 Å². The Morgan fingerprint density at radius 3 is 2.33 bits per heavy atom. The van der Waals surface area contributed by atoms with Gasteiger partial charge >= 0.3 is 0 Å². The summed E-state index contributed by atoms with van der Waals surface area (Å²) in [5.41, 5.74) is 0.898. The van der Waals surface area contributed by atoms with E-state index in [4.69, 9.17) is 23.2 Å². The second-order valence-corrected chi connectivity index (χ2v) is 6.28. The van der Waals surface area contributed by atoms with Crippen molar-refractivity contribution in [3.8, 4) is 0 Å². The number of benzene rings is 1. The zero-order valence-electron chi connectivity index (χ0n) is 12.6. The van der Waals surface area contributed by atoms with Crippen molar-refractivity contribution in [1.29, 1.82) is 0 Å². The lowest BCUT2D eigenvalue weighted by Crippen LogP contribution is -2.37. The predicted octanol–water partition coefficient (Wildman–Crippen LogP) is 2.65. The number of likely N-dealkylation sites (N-methyl/N-ethyl adjacent to an activating group) is 2. The molecule has 1 amide bonds. The maximum absolute atomic E-state index is 12.1. The van der Waals surface area contributed by atoms with Crippen LogP contribution in [0.2, 0.25) is 10.0 Å². The Bertz CT molecular complexity index is 460. The fourth-order valence-corrected chi connectivity index (χ4v) is 2.47. The third-order valence-electron chi connectivity index (χ3n) is 3.10. The molecule has 0 aliphatic heterocycles. The lowest BCUT2D eigenvalue weighted by Gasteiger charge is -2.22. The zero-order valence-corrected chi connectivity index (χ0v) is 14.2. The van der Waals surface area contributed by atoms with Crippen molar-refractivity contribution in [2.75, 3.05) is 27.2 Å². The zero-order chi connectivity index (χ0) is 16.0. The van der Waals surface area contributed by atoms with Crippen molar-refractivity contribution >= 4 is 29.1 Å². The third-order valence-corrected chi connectivity index (χ3v) is 3.54. The minimum Gasteiger partial charge on any atom is -0.393 e. The molecule has 4 nitrogen and oxygen atoms in total. The third kappa shape index (κ3) is 7.14. The summed E-state index contributed by atoms with van der Waals surface area (Å²) in [5, 5.41) is 10.4. The largest absolute Gasteiger partial charge is 0.393 e. The maximum Gasteiger partial charge on any atom is 0.236 e. The van der Waals surface area contributed by atoms with E-state index in [1.165, 1.54) is 0 Å². The van der Waals surface area contributed by atoms with Crippen LogP contribution >= 0.6 is 23.2 Å². The van der Waals surface area contributed by atoms with Crippen LogP contribution in [-0.2, 0) is 11.3 Å². The maximum atomic E-state index is 12.1. The van der Waals surface area contributed by atoms with Gasteiger partial charge in [-0.25, -0.2) is 0 Å². The molecule has 6 heteroatoms. The van der Waals surface area contributed by atoms with Crippen LogP contribution in [0.5, 0.6) is 0 Å². The highest BCUT2D eigenvalue weighted by Crippen LogP contribution is 2.19. The Morgan fingerprint density at radius 2 is 1.81 bits per heavy atom. The highest BCUT2D eigenvalue weighted by Gasteiger charge is 2.13. The van der Waals surface area contributed by atoms with E-state index in [1.54, 1.807) is 37.1 Å². The second kappa shape index (κ2) is 8.59. The van der Waals surface area contributed by atoms with Gasteiger partial charge in [0.1, 0.15) is 0 Å². The summed E-state index contributed by atoms with van der Waals surface area (Å²) >= 11 is 11.9. The van der Waals surface area contributed by atoms with Crippen LogP contribution in [0.4, 0.5) is 0 Å². The lowest BCUT2D eigenvalue weighted by atomic mass is 10.2. The Balaban J connectivity index is 2.50. The van der Waals surface area contributed by atoms with E-state index in [1.807, 2.05) is 11.9 Å². The Hall–Kier alpha value is -0.810. The molecule has 1 unspecified atom stereocenters. The standard InChI is InChI=1S/C15H22Cl2N2O2/c1-11(20)4-5-18(2)10-15(21)19(3)9-12-6-13(16)8-14(17)7-12/h6-8,11,20H,4-5,9-10H2,1-3H3. The predicted molar refractivity (Wildman–Crippen MR) is 86.7 cm³/mol. The van der Waals surface area contributed by atoms with Gasteiger partial charge in [-0.05, 0) is 44.2 Å². The van der Waals surface area contributed by atoms with Crippen molar-refractivity contribution < 1.29 is 9.90 Å². The van der Waals surface area contributed by atoms with Gasteiger partial charge in [0, 0.05) is 30.2 Å². The first-order valence-corrected chi connectivity index (χ1v) is 7.59. The molecule has 21 heavy (non-hydrogen) atoms. The molecule has 0 saturated heterocycles. The van der Waals surface area contributed by atoms with Crippen LogP contribution in [0.15, 0.2) is 18.2 Å². The molecule has 0 heterocycles. The van der Waals surface area contributed by atoms with Crippen molar-refractivity contribution in [2.24, 2.45) is 0 Å². The Morgan fingerprint density at radius 1 is 1.24 bits per heavy atom. The molecule has 0 aromatic heterocycles. The first-order valence-electron chi connectivity index (χ1n) is 6.83. The van der Waals surface area contributed by atoms with Crippen molar-refractivity contribution in [3.05, 3.63) is 33.8 Å². The summed E-state index contributed by atoms with van der Waals surface area (Å²) in [7, 11) is 3.62. The number of nitrogens with zero attached hydrogens (tertiary/aromatic N) is 2. The molecule has 0 fully saturated rings. The van der Waals surface area contributed by atoms with Gasteiger partial charge in [0.25, 0.3) is 0 Å². The number of aliphatic hydroxyl groups excluding tert-OH is 1. The van der Waals surface area contributed by atoms with E-state index in [0.29, 0.717) is 36.1 Å². The van der Waals surface area contributed by atoms with Crippen LogP contribution < -0.4 is 0 Å². The van der Waals surface area contributed by atoms with Crippen LogP contribution in [-0.4, -0.2) is 54.1 Å². The molecule has 1 rings (SSSR count). The first-order chi connectivity index (χ1) is 9.77. The fraction of sp³-hybridized carbons (Fsp3) is 0.533. The molecule has 1 N–H and O–H groups in total. The van der Waals surface area contributed by atoms with Gasteiger partial charge in [-0.3, -0.25) is 9.69 Å². The minimum absolute atomic E-state index is 0.0131. The van der Waals surface area contributed by atoms with E-state index in [2.05, 4.69) is 0 Å². The Labute approximate surface area is 136 Å². The molecule has 0 spiro atoms. The van der Waals surface area contributed by atoms with Crippen LogP contribution in [0, 0.1) is 0 Å². The summed E-state index contributed by atoms with van der Waals surface area (Å²) in [6.45, 7) is 3.20. The average Bonchev–Trinajstić information content (AvgIpc) is 2.34. The molecular formula is C15H22Cl2N2O2. The smallest absolute Gasteiger partial charge is 0.236 e. The number of amides is 1. The fourth-order valence-electron chi connectivity index (χ4n) is 1.90. The molecule has 0 radical (unpaired) electrons. The second-order valence-electron chi connectivity index (χ2n) is 5.40. The quantitative estimate of drug-likeness (QED) is 0.834. The molecule has 118 valence electrons. The van der Waals surface area contributed by atoms with Gasteiger partial charge in [0.2, 0.25) is 5.91 Å². The molecule has 0 aliphatic rings. The normalized spacial score (nSPS) is 12.5. The summed E-state index contributed by atoms with van der Waals surface area (Å²) in [4.78, 5) is 15.7. The summed E-state index contributed by atoms with van der Waals surface area (Å²) in [5.74, 6) is 0.0131. The van der Waals surface area contributed by atoms with Gasteiger partial charge in [-0.2, -0.15) is 0 Å². The summed E-state index contributed by atoms with van der Waals surface area (Å²) < 4.78 is 0. The van der Waals surface area contributed by atoms with Crippen molar-refractivity contribution in [2.45, 2.75) is 26.0 Å². The highest BCUT2D eigenvalue weighted by atomic mass is 35.5. The van der Waals surface area contributed by atoms with Crippen molar-refractivity contribution in [3.63, 3.8) is 0 Å². The minimum atomic E-state index is -0.353. The van der Waals surface area contributed by atoms with Crippen LogP contribution in [0.1, 0.15) is 18.9 Å². The van der Waals surface area contributed by atoms with E-state index in [0.717, 1.165) is 5.56 Å². The van der Waals surface area contributed by atoms with Gasteiger partial charge in [0.05, 0.1) is 12.6 Å². The molecule has 1 aromatic carbocycles. The summed E-state index contributed by atoms with van der Waals surface area (Å²) in [6, 6.07) is 5.26. The number of carbonyl (C=O) groups excluding carboxylic acids is 1. The first kappa shape index (κ1) is 18.2. The lowest BCUT2D eigenvalue weighted by molar-refractivity contribution is -0.131. The molecule has 0 saturated carbocycles.